The average Bonchev–Trinajstić information content (AvgIpc) is 2.99. The molecular weight excluding hydrogens is 232 g/mol. The van der Waals surface area contributed by atoms with Crippen molar-refractivity contribution in [3.05, 3.63) is 39.8 Å². The lowest BCUT2D eigenvalue weighted by Crippen LogP contribution is -2.30. The van der Waals surface area contributed by atoms with Crippen LogP contribution in [0.2, 0.25) is 0 Å². The van der Waals surface area contributed by atoms with Gasteiger partial charge in [0.1, 0.15) is 0 Å². The van der Waals surface area contributed by atoms with Crippen molar-refractivity contribution >= 4 is 11.3 Å². The molecule has 0 saturated carbocycles. The van der Waals surface area contributed by atoms with Crippen LogP contribution in [0.25, 0.3) is 0 Å². The van der Waals surface area contributed by atoms with Crippen molar-refractivity contribution in [2.75, 3.05) is 0 Å². The molecule has 5 heteroatoms. The van der Waals surface area contributed by atoms with Crippen LogP contribution in [0.4, 0.5) is 0 Å². The van der Waals surface area contributed by atoms with E-state index in [-0.39, 0.29) is 6.04 Å². The predicted octanol–water partition coefficient (Wildman–Crippen LogP) is 2.08. The van der Waals surface area contributed by atoms with Gasteiger partial charge in [0, 0.05) is 22.5 Å². The van der Waals surface area contributed by atoms with Crippen LogP contribution >= 0.6 is 11.3 Å². The molecule has 0 aliphatic heterocycles. The number of hydrogen-bond donors (Lipinski definition) is 2. The Labute approximate surface area is 105 Å². The quantitative estimate of drug-likeness (QED) is 0.631. The van der Waals surface area contributed by atoms with E-state index >= 15 is 0 Å². The van der Waals surface area contributed by atoms with Gasteiger partial charge in [-0.05, 0) is 31.5 Å². The maximum atomic E-state index is 5.69. The molecule has 92 valence electrons. The zero-order valence-corrected chi connectivity index (χ0v) is 11.0. The Bertz CT molecular complexity index is 474. The van der Waals surface area contributed by atoms with Crippen LogP contribution in [-0.2, 0) is 13.0 Å². The first-order valence-corrected chi connectivity index (χ1v) is 6.68. The summed E-state index contributed by atoms with van der Waals surface area (Å²) in [4.78, 5) is 2.61. The highest BCUT2D eigenvalue weighted by atomic mass is 32.1. The van der Waals surface area contributed by atoms with Gasteiger partial charge in [-0.15, -0.1) is 11.3 Å². The second-order valence-electron chi connectivity index (χ2n) is 3.83. The number of hydrazine groups is 1. The van der Waals surface area contributed by atoms with Crippen LogP contribution in [0.5, 0.6) is 0 Å². The third-order valence-corrected chi connectivity index (χ3v) is 4.12. The number of hydrogen-bond acceptors (Lipinski definition) is 4. The van der Waals surface area contributed by atoms with Crippen molar-refractivity contribution in [2.45, 2.75) is 32.9 Å². The molecule has 1 atom stereocenters. The summed E-state index contributed by atoms with van der Waals surface area (Å²) in [6.07, 6.45) is 2.88. The van der Waals surface area contributed by atoms with E-state index in [1.54, 1.807) is 11.3 Å². The SMILES string of the molecule is CCc1ccc(C(NN)c2ccnn2CC)s1. The van der Waals surface area contributed by atoms with Gasteiger partial charge in [-0.3, -0.25) is 10.5 Å². The molecule has 0 aliphatic carbocycles. The Hall–Kier alpha value is -1.17. The molecule has 0 spiro atoms. The number of thiophene rings is 1. The normalized spacial score (nSPS) is 12.9. The van der Waals surface area contributed by atoms with E-state index < -0.39 is 0 Å². The minimum absolute atomic E-state index is 0.0303. The summed E-state index contributed by atoms with van der Waals surface area (Å²) in [5.41, 5.74) is 3.99. The molecule has 0 saturated heterocycles. The van der Waals surface area contributed by atoms with E-state index in [0.717, 1.165) is 18.7 Å². The molecule has 2 aromatic rings. The molecule has 0 aromatic carbocycles. The van der Waals surface area contributed by atoms with Crippen LogP contribution in [0, 0.1) is 0 Å². The first-order valence-electron chi connectivity index (χ1n) is 5.86. The first-order chi connectivity index (χ1) is 8.30. The van der Waals surface area contributed by atoms with Gasteiger partial charge in [-0.2, -0.15) is 5.10 Å². The zero-order valence-electron chi connectivity index (χ0n) is 10.2. The minimum Gasteiger partial charge on any atom is -0.270 e. The van der Waals surface area contributed by atoms with Gasteiger partial charge >= 0.3 is 0 Å². The van der Waals surface area contributed by atoms with E-state index in [1.807, 2.05) is 16.9 Å². The molecule has 3 N–H and O–H groups in total. The summed E-state index contributed by atoms with van der Waals surface area (Å²) in [5.74, 6) is 5.69. The molecule has 17 heavy (non-hydrogen) atoms. The summed E-state index contributed by atoms with van der Waals surface area (Å²) in [5, 5.41) is 4.28. The molecule has 0 radical (unpaired) electrons. The van der Waals surface area contributed by atoms with Crippen molar-refractivity contribution in [3.63, 3.8) is 0 Å². The zero-order chi connectivity index (χ0) is 12.3. The summed E-state index contributed by atoms with van der Waals surface area (Å²) in [7, 11) is 0. The van der Waals surface area contributed by atoms with Crippen molar-refractivity contribution < 1.29 is 0 Å². The molecule has 4 nitrogen and oxygen atoms in total. The topological polar surface area (TPSA) is 55.9 Å². The molecule has 0 aliphatic rings. The van der Waals surface area contributed by atoms with E-state index in [4.69, 9.17) is 5.84 Å². The fourth-order valence-electron chi connectivity index (χ4n) is 1.91. The second-order valence-corrected chi connectivity index (χ2v) is 5.03. The molecule has 0 amide bonds. The molecule has 2 rings (SSSR count). The fraction of sp³-hybridized carbons (Fsp3) is 0.417. The standard InChI is InChI=1S/C12H18N4S/c1-3-9-5-6-11(17-9)12(15-13)10-7-8-14-16(10)4-2/h5-8,12,15H,3-4,13H2,1-2H3. The summed E-state index contributed by atoms with van der Waals surface area (Å²) < 4.78 is 1.97. The fourth-order valence-corrected chi connectivity index (χ4v) is 2.93. The smallest absolute Gasteiger partial charge is 0.0970 e. The van der Waals surface area contributed by atoms with Gasteiger partial charge in [-0.25, -0.2) is 5.43 Å². The third kappa shape index (κ3) is 2.41. The van der Waals surface area contributed by atoms with Crippen LogP contribution in [0.1, 0.15) is 35.3 Å². The Morgan fingerprint density at radius 2 is 2.24 bits per heavy atom. The number of aryl methyl sites for hydroxylation is 2. The van der Waals surface area contributed by atoms with Crippen molar-refractivity contribution in [1.29, 1.82) is 0 Å². The predicted molar refractivity (Wildman–Crippen MR) is 70.8 cm³/mol. The minimum atomic E-state index is 0.0303. The van der Waals surface area contributed by atoms with Gasteiger partial charge in [0.2, 0.25) is 0 Å². The van der Waals surface area contributed by atoms with Crippen LogP contribution in [0.15, 0.2) is 24.4 Å². The molecule has 0 fully saturated rings. The summed E-state index contributed by atoms with van der Waals surface area (Å²) >= 11 is 1.80. The Morgan fingerprint density at radius 3 is 2.82 bits per heavy atom. The molecule has 2 heterocycles. The first kappa shape index (κ1) is 12.3. The molecule has 2 aromatic heterocycles. The Balaban J connectivity index is 2.33. The van der Waals surface area contributed by atoms with E-state index in [0.29, 0.717) is 0 Å². The average molecular weight is 250 g/mol. The van der Waals surface area contributed by atoms with Crippen LogP contribution in [0.3, 0.4) is 0 Å². The lowest BCUT2D eigenvalue weighted by atomic mass is 10.2. The lowest BCUT2D eigenvalue weighted by molar-refractivity contribution is 0.548. The summed E-state index contributed by atoms with van der Waals surface area (Å²) in [6, 6.07) is 6.35. The van der Waals surface area contributed by atoms with Crippen molar-refractivity contribution in [2.24, 2.45) is 5.84 Å². The highest BCUT2D eigenvalue weighted by Gasteiger charge is 2.18. The molecule has 1 unspecified atom stereocenters. The largest absolute Gasteiger partial charge is 0.270 e. The highest BCUT2D eigenvalue weighted by Crippen LogP contribution is 2.28. The van der Waals surface area contributed by atoms with Gasteiger partial charge in [-0.1, -0.05) is 6.92 Å². The molecule has 0 bridgehead atoms. The molecular formula is C12H18N4S. The van der Waals surface area contributed by atoms with Gasteiger partial charge in [0.05, 0.1) is 11.7 Å². The third-order valence-electron chi connectivity index (χ3n) is 2.83. The number of nitrogens with zero attached hydrogens (tertiary/aromatic N) is 2. The number of nitrogens with two attached hydrogens (primary N) is 1. The number of aromatic nitrogens is 2. The van der Waals surface area contributed by atoms with Gasteiger partial charge in [0.25, 0.3) is 0 Å². The van der Waals surface area contributed by atoms with Crippen molar-refractivity contribution in [3.8, 4) is 0 Å². The van der Waals surface area contributed by atoms with Crippen molar-refractivity contribution in [1.82, 2.24) is 15.2 Å². The lowest BCUT2D eigenvalue weighted by Gasteiger charge is -2.15. The van der Waals surface area contributed by atoms with E-state index in [9.17, 15) is 0 Å². The van der Waals surface area contributed by atoms with Gasteiger partial charge in [0.15, 0.2) is 0 Å². The van der Waals surface area contributed by atoms with Crippen LogP contribution < -0.4 is 11.3 Å². The van der Waals surface area contributed by atoms with Crippen LogP contribution in [-0.4, -0.2) is 9.78 Å². The Morgan fingerprint density at radius 1 is 1.41 bits per heavy atom. The maximum Gasteiger partial charge on any atom is 0.0970 e. The van der Waals surface area contributed by atoms with E-state index in [2.05, 4.69) is 36.5 Å². The van der Waals surface area contributed by atoms with Gasteiger partial charge < -0.3 is 0 Å². The highest BCUT2D eigenvalue weighted by molar-refractivity contribution is 7.12. The summed E-state index contributed by atoms with van der Waals surface area (Å²) in [6.45, 7) is 5.10. The monoisotopic (exact) mass is 250 g/mol. The number of nitrogens with one attached hydrogen (secondary N) is 1. The number of rotatable bonds is 5. The maximum absolute atomic E-state index is 5.69. The Kier molecular flexibility index (Phi) is 3.93. The van der Waals surface area contributed by atoms with E-state index in [1.165, 1.54) is 9.75 Å². The second kappa shape index (κ2) is 5.44.